The van der Waals surface area contributed by atoms with Crippen molar-refractivity contribution in [2.75, 3.05) is 13.2 Å². The van der Waals surface area contributed by atoms with Gasteiger partial charge in [-0.05, 0) is 89.7 Å². The quantitative estimate of drug-likeness (QED) is 0.210. The molecule has 2 aromatic carbocycles. The van der Waals surface area contributed by atoms with Crippen LogP contribution in [0.25, 0.3) is 22.8 Å². The van der Waals surface area contributed by atoms with Crippen molar-refractivity contribution in [3.8, 4) is 34.7 Å². The van der Waals surface area contributed by atoms with E-state index in [1.165, 1.54) is 0 Å². The van der Waals surface area contributed by atoms with Crippen molar-refractivity contribution in [1.29, 1.82) is 5.26 Å². The summed E-state index contributed by atoms with van der Waals surface area (Å²) in [6, 6.07) is 13.5. The van der Waals surface area contributed by atoms with E-state index in [0.29, 0.717) is 41.7 Å². The number of rotatable bonds is 9. The van der Waals surface area contributed by atoms with Gasteiger partial charge in [0.2, 0.25) is 5.82 Å². The number of hydrogen-bond donors (Lipinski definition) is 1. The molecule has 1 heterocycles. The summed E-state index contributed by atoms with van der Waals surface area (Å²) in [4.78, 5) is 4.66. The van der Waals surface area contributed by atoms with Gasteiger partial charge in [0.05, 0.1) is 30.9 Å². The van der Waals surface area contributed by atoms with Gasteiger partial charge in [0.25, 0.3) is 5.89 Å². The summed E-state index contributed by atoms with van der Waals surface area (Å²) in [6.07, 6.45) is 1.59. The van der Waals surface area contributed by atoms with Crippen LogP contribution in [0.5, 0.6) is 5.75 Å². The van der Waals surface area contributed by atoms with Crippen molar-refractivity contribution >= 4 is 24.3 Å². The number of fused-ring (bicyclic) bond motifs is 1. The minimum Gasteiger partial charge on any atom is -0.597 e. The Labute approximate surface area is 226 Å². The Morgan fingerprint density at radius 2 is 2.08 bits per heavy atom. The minimum absolute atomic E-state index is 0.0171. The van der Waals surface area contributed by atoms with Gasteiger partial charge in [-0.15, -0.1) is 4.31 Å². The van der Waals surface area contributed by atoms with E-state index < -0.39 is 16.1 Å². The van der Waals surface area contributed by atoms with E-state index in [9.17, 15) is 9.81 Å². The fourth-order valence-electron chi connectivity index (χ4n) is 4.54. The Morgan fingerprint density at radius 1 is 1.30 bits per heavy atom. The number of ether oxygens (including phenoxy) is 1. The molecule has 0 fully saturated rings. The van der Waals surface area contributed by atoms with Gasteiger partial charge in [0, 0.05) is 22.5 Å². The number of hydrogen-bond acceptors (Lipinski definition) is 9. The molecule has 0 saturated carbocycles. The maximum absolute atomic E-state index is 13.4. The van der Waals surface area contributed by atoms with E-state index in [-0.39, 0.29) is 12.1 Å². The van der Waals surface area contributed by atoms with Gasteiger partial charge in [-0.2, -0.15) is 10.2 Å². The van der Waals surface area contributed by atoms with E-state index in [2.05, 4.69) is 35.2 Å². The van der Waals surface area contributed by atoms with Crippen LogP contribution in [0.15, 0.2) is 40.9 Å². The number of benzene rings is 2. The predicted molar refractivity (Wildman–Crippen MR) is 146 cm³/mol. The molecule has 0 saturated heterocycles. The van der Waals surface area contributed by atoms with Gasteiger partial charge in [0.15, 0.2) is 0 Å². The average Bonchev–Trinajstić information content (AvgIpc) is 3.51. The molecule has 4 rings (SSSR count). The Balaban J connectivity index is 1.65. The standard InChI is InChI=1S/C27H32N4O4S2/c1-17(2)34-24-12-9-18(15-19(24)16-28)26-29-25(30-35-26)22-8-6-7-21-20(22)10-11-23(21)31(13-14-33-36)37(32)27(3,4)5/h6-9,12,15,17,23,36H,10-11,13-14H2,1-5H3/t23-,37?/m0/s1. The summed E-state index contributed by atoms with van der Waals surface area (Å²) >= 11 is 2.66. The zero-order chi connectivity index (χ0) is 26.7. The van der Waals surface area contributed by atoms with Gasteiger partial charge in [0.1, 0.15) is 16.6 Å². The van der Waals surface area contributed by atoms with Crippen LogP contribution in [0.1, 0.15) is 63.8 Å². The Morgan fingerprint density at radius 3 is 2.76 bits per heavy atom. The largest absolute Gasteiger partial charge is 0.597 e. The predicted octanol–water partition coefficient (Wildman–Crippen LogP) is 5.68. The number of thiol groups is 1. The first-order valence-electron chi connectivity index (χ1n) is 12.3. The number of nitriles is 1. The monoisotopic (exact) mass is 540 g/mol. The Bertz CT molecular complexity index is 1280. The first kappa shape index (κ1) is 27.5. The van der Waals surface area contributed by atoms with Crippen LogP contribution in [0.2, 0.25) is 0 Å². The Kier molecular flexibility index (Phi) is 8.51. The average molecular weight is 541 g/mol. The Hall–Kier alpha value is -2.55. The van der Waals surface area contributed by atoms with Crippen molar-refractivity contribution in [3.05, 3.63) is 53.1 Å². The molecule has 2 atom stereocenters. The van der Waals surface area contributed by atoms with E-state index in [1.807, 2.05) is 57.1 Å². The summed E-state index contributed by atoms with van der Waals surface area (Å²) in [7, 11) is 0. The molecule has 0 amide bonds. The lowest BCUT2D eigenvalue weighted by molar-refractivity contribution is 0.241. The second-order valence-electron chi connectivity index (χ2n) is 10.2. The van der Waals surface area contributed by atoms with Crippen LogP contribution in [0.3, 0.4) is 0 Å². The number of nitrogens with zero attached hydrogens (tertiary/aromatic N) is 4. The van der Waals surface area contributed by atoms with Crippen LogP contribution in [0, 0.1) is 11.3 Å². The van der Waals surface area contributed by atoms with Gasteiger partial charge >= 0.3 is 0 Å². The van der Waals surface area contributed by atoms with Gasteiger partial charge in [-0.3, -0.25) is 0 Å². The lowest BCUT2D eigenvalue weighted by atomic mass is 10.0. The summed E-state index contributed by atoms with van der Waals surface area (Å²) in [5, 5.41) is 13.8. The van der Waals surface area contributed by atoms with E-state index in [1.54, 1.807) is 12.1 Å². The molecule has 1 aliphatic carbocycles. The zero-order valence-electron chi connectivity index (χ0n) is 21.7. The highest BCUT2D eigenvalue weighted by Gasteiger charge is 2.41. The lowest BCUT2D eigenvalue weighted by Gasteiger charge is -2.36. The van der Waals surface area contributed by atoms with Gasteiger partial charge in [-0.25, -0.2) is 0 Å². The molecule has 10 heteroatoms. The molecule has 0 N–H and O–H groups in total. The van der Waals surface area contributed by atoms with Crippen LogP contribution < -0.4 is 4.74 Å². The molecule has 1 unspecified atom stereocenters. The maximum Gasteiger partial charge on any atom is 0.258 e. The van der Waals surface area contributed by atoms with E-state index in [0.717, 1.165) is 29.5 Å². The molecular weight excluding hydrogens is 508 g/mol. The second kappa shape index (κ2) is 11.5. The molecule has 1 aliphatic rings. The molecule has 3 aromatic rings. The molecule has 0 aliphatic heterocycles. The first-order valence-corrected chi connectivity index (χ1v) is 13.7. The highest BCUT2D eigenvalue weighted by molar-refractivity contribution is 7.90. The zero-order valence-corrected chi connectivity index (χ0v) is 23.4. The molecule has 0 spiro atoms. The first-order chi connectivity index (χ1) is 17.6. The van der Waals surface area contributed by atoms with E-state index >= 15 is 0 Å². The molecular formula is C27H32N4O4S2. The van der Waals surface area contributed by atoms with Crippen LogP contribution >= 0.6 is 12.9 Å². The third-order valence-electron chi connectivity index (χ3n) is 6.10. The van der Waals surface area contributed by atoms with Crippen LogP contribution in [-0.4, -0.2) is 43.0 Å². The van der Waals surface area contributed by atoms with Crippen molar-refractivity contribution in [3.63, 3.8) is 0 Å². The highest BCUT2D eigenvalue weighted by Crippen LogP contribution is 2.43. The molecule has 196 valence electrons. The van der Waals surface area contributed by atoms with Crippen molar-refractivity contribution in [2.45, 2.75) is 64.4 Å². The topological polar surface area (TPSA) is 107 Å². The number of aromatic nitrogens is 2. The maximum atomic E-state index is 13.4. The summed E-state index contributed by atoms with van der Waals surface area (Å²) in [5.41, 5.74) is 4.19. The highest BCUT2D eigenvalue weighted by atomic mass is 32.2. The van der Waals surface area contributed by atoms with Crippen LogP contribution in [0.4, 0.5) is 0 Å². The van der Waals surface area contributed by atoms with Gasteiger partial charge < -0.3 is 18.0 Å². The second-order valence-corrected chi connectivity index (χ2v) is 12.6. The molecule has 37 heavy (non-hydrogen) atoms. The van der Waals surface area contributed by atoms with Crippen molar-refractivity contribution < 1.29 is 18.0 Å². The minimum atomic E-state index is -1.22. The molecule has 0 radical (unpaired) electrons. The smallest absolute Gasteiger partial charge is 0.258 e. The summed E-state index contributed by atoms with van der Waals surface area (Å²) in [6.45, 7) is 10.6. The fraction of sp³-hybridized carbons (Fsp3) is 0.444. The summed E-state index contributed by atoms with van der Waals surface area (Å²) < 4.78 is 31.3. The normalized spacial score (nSPS) is 16.2. The lowest BCUT2D eigenvalue weighted by Crippen LogP contribution is -2.45. The fourth-order valence-corrected chi connectivity index (χ4v) is 6.01. The third kappa shape index (κ3) is 5.97. The van der Waals surface area contributed by atoms with Crippen LogP contribution in [-0.2, 0) is 22.0 Å². The van der Waals surface area contributed by atoms with Gasteiger partial charge in [-0.1, -0.05) is 23.4 Å². The molecule has 0 bridgehead atoms. The van der Waals surface area contributed by atoms with Crippen molar-refractivity contribution in [2.24, 2.45) is 0 Å². The van der Waals surface area contributed by atoms with Crippen molar-refractivity contribution in [1.82, 2.24) is 14.4 Å². The molecule has 8 nitrogen and oxygen atoms in total. The summed E-state index contributed by atoms with van der Waals surface area (Å²) in [5.74, 6) is 1.33. The van der Waals surface area contributed by atoms with E-state index in [4.69, 9.17) is 13.4 Å². The SMILES string of the molecule is CC(C)Oc1ccc(-c2nc(-c3cccc4c3CC[C@@H]4N(CCOS)[S+]([O-])C(C)(C)C)no2)cc1C#N. The third-order valence-corrected chi connectivity index (χ3v) is 8.20. The molecule has 1 aromatic heterocycles.